The van der Waals surface area contributed by atoms with Gasteiger partial charge in [-0.3, -0.25) is 9.59 Å². The summed E-state index contributed by atoms with van der Waals surface area (Å²) in [6.45, 7) is 4.72. The van der Waals surface area contributed by atoms with Gasteiger partial charge in [-0.1, -0.05) is 0 Å². The lowest BCUT2D eigenvalue weighted by Crippen LogP contribution is -2.40. The van der Waals surface area contributed by atoms with Crippen molar-refractivity contribution in [1.29, 1.82) is 0 Å². The molecule has 2 amide bonds. The first-order valence-electron chi connectivity index (χ1n) is 12.4. The summed E-state index contributed by atoms with van der Waals surface area (Å²) in [6.07, 6.45) is 5.85. The number of carbonyl (C=O) groups excluding carboxylic acids is 2. The van der Waals surface area contributed by atoms with Crippen LogP contribution in [0.15, 0.2) is 24.4 Å². The summed E-state index contributed by atoms with van der Waals surface area (Å²) in [5, 5.41) is 17.3. The number of rotatable bonds is 5. The maximum absolute atomic E-state index is 13.1. The summed E-state index contributed by atoms with van der Waals surface area (Å²) in [5.41, 5.74) is 11.0. The molecule has 4 N–H and O–H groups in total. The average Bonchev–Trinajstić information content (AvgIpc) is 3.40. The summed E-state index contributed by atoms with van der Waals surface area (Å²) in [5.74, 6) is 0.441. The van der Waals surface area contributed by atoms with E-state index in [0.29, 0.717) is 30.2 Å². The second-order valence-corrected chi connectivity index (χ2v) is 10.3. The van der Waals surface area contributed by atoms with E-state index in [1.54, 1.807) is 6.20 Å². The van der Waals surface area contributed by atoms with Crippen LogP contribution in [0.1, 0.15) is 70.9 Å². The number of hydrogen-bond donors (Lipinski definition) is 3. The average molecular weight is 475 g/mol. The number of nitrogens with two attached hydrogens (primary N) is 1. The molecule has 9 nitrogen and oxygen atoms in total. The summed E-state index contributed by atoms with van der Waals surface area (Å²) in [6, 6.07) is 5.81. The van der Waals surface area contributed by atoms with Gasteiger partial charge in [0.1, 0.15) is 5.56 Å². The zero-order valence-electron chi connectivity index (χ0n) is 20.0. The second kappa shape index (κ2) is 8.05. The minimum Gasteiger partial charge on any atom is -0.391 e. The van der Waals surface area contributed by atoms with Crippen molar-refractivity contribution in [3.63, 3.8) is 0 Å². The molecule has 9 heteroatoms. The number of hydrogen-bond acceptors (Lipinski definition) is 6. The predicted octanol–water partition coefficient (Wildman–Crippen LogP) is 2.68. The molecule has 0 bridgehead atoms. The SMILES string of the molecule is Cc1cc(-c2ccn3nc(N)c(C(=O)N[C@@H]4CCC[C@H]4O)c3n2)cc2c1C(=O)N([C@@H](C)C1CC1)C2. The third-order valence-corrected chi connectivity index (χ3v) is 7.86. The van der Waals surface area contributed by atoms with Crippen molar-refractivity contribution >= 4 is 23.3 Å². The molecule has 2 saturated carbocycles. The highest BCUT2D eigenvalue weighted by Crippen LogP contribution is 2.39. The molecular formula is C26H30N6O3. The first-order valence-corrected chi connectivity index (χ1v) is 12.4. The smallest absolute Gasteiger partial charge is 0.259 e. The first kappa shape index (κ1) is 22.0. The number of anilines is 1. The van der Waals surface area contributed by atoms with Gasteiger partial charge in [-0.15, -0.1) is 5.10 Å². The molecule has 3 atom stereocenters. The van der Waals surface area contributed by atoms with Crippen molar-refractivity contribution < 1.29 is 14.7 Å². The summed E-state index contributed by atoms with van der Waals surface area (Å²) >= 11 is 0. The lowest BCUT2D eigenvalue weighted by atomic mass is 9.98. The van der Waals surface area contributed by atoms with E-state index in [0.717, 1.165) is 35.1 Å². The lowest BCUT2D eigenvalue weighted by molar-refractivity contribution is 0.0696. The zero-order chi connectivity index (χ0) is 24.4. The van der Waals surface area contributed by atoms with Gasteiger partial charge >= 0.3 is 0 Å². The molecule has 182 valence electrons. The Kier molecular flexibility index (Phi) is 5.07. The van der Waals surface area contributed by atoms with Crippen LogP contribution in [0.2, 0.25) is 0 Å². The molecule has 0 radical (unpaired) electrons. The van der Waals surface area contributed by atoms with E-state index < -0.39 is 6.10 Å². The van der Waals surface area contributed by atoms with E-state index in [2.05, 4.69) is 17.3 Å². The summed E-state index contributed by atoms with van der Waals surface area (Å²) in [4.78, 5) is 32.9. The van der Waals surface area contributed by atoms with Gasteiger partial charge in [-0.2, -0.15) is 0 Å². The van der Waals surface area contributed by atoms with Gasteiger partial charge in [0.25, 0.3) is 11.8 Å². The van der Waals surface area contributed by atoms with Crippen LogP contribution in [0.4, 0.5) is 5.82 Å². The van der Waals surface area contributed by atoms with Crippen molar-refractivity contribution in [2.75, 3.05) is 5.73 Å². The molecule has 3 heterocycles. The van der Waals surface area contributed by atoms with Crippen LogP contribution in [0, 0.1) is 12.8 Å². The third-order valence-electron chi connectivity index (χ3n) is 7.86. The van der Waals surface area contributed by atoms with Gasteiger partial charge in [0.2, 0.25) is 0 Å². The van der Waals surface area contributed by atoms with Crippen molar-refractivity contribution in [2.24, 2.45) is 5.92 Å². The van der Waals surface area contributed by atoms with Crippen molar-refractivity contribution in [1.82, 2.24) is 24.8 Å². The van der Waals surface area contributed by atoms with Gasteiger partial charge in [0.05, 0.1) is 17.8 Å². The fraction of sp³-hybridized carbons (Fsp3) is 0.462. The van der Waals surface area contributed by atoms with Gasteiger partial charge in [-0.25, -0.2) is 9.50 Å². The van der Waals surface area contributed by atoms with Gasteiger partial charge in [0, 0.05) is 29.9 Å². The number of amides is 2. The number of nitrogens with one attached hydrogen (secondary N) is 1. The molecule has 0 saturated heterocycles. The highest BCUT2D eigenvalue weighted by Gasteiger charge is 2.39. The fourth-order valence-corrected chi connectivity index (χ4v) is 5.67. The van der Waals surface area contributed by atoms with Crippen LogP contribution in [-0.2, 0) is 6.54 Å². The summed E-state index contributed by atoms with van der Waals surface area (Å²) < 4.78 is 1.50. The third kappa shape index (κ3) is 3.65. The zero-order valence-corrected chi connectivity index (χ0v) is 20.0. The standard InChI is InChI=1S/C26H30N6O3/c1-13-10-16(11-17-12-31(26(35)21(13)17)14(2)15-6-7-15)18-8-9-32-24(28-18)22(23(27)30-32)25(34)29-19-4-3-5-20(19)33/h8-11,14-15,19-20,33H,3-7,12H2,1-2H3,(H2,27,30)(H,29,34)/t14-,19+,20+/m0/s1. The Balaban J connectivity index is 1.34. The molecule has 1 aromatic carbocycles. The maximum Gasteiger partial charge on any atom is 0.259 e. The van der Waals surface area contributed by atoms with Crippen LogP contribution in [0.3, 0.4) is 0 Å². The van der Waals surface area contributed by atoms with Gasteiger partial charge < -0.3 is 21.1 Å². The maximum atomic E-state index is 13.1. The Labute approximate surface area is 203 Å². The van der Waals surface area contributed by atoms with Crippen molar-refractivity contribution in [3.8, 4) is 11.3 Å². The van der Waals surface area contributed by atoms with E-state index in [1.165, 1.54) is 17.4 Å². The van der Waals surface area contributed by atoms with Crippen LogP contribution in [0.5, 0.6) is 0 Å². The topological polar surface area (TPSA) is 126 Å². The Hall–Kier alpha value is -3.46. The predicted molar refractivity (Wildman–Crippen MR) is 131 cm³/mol. The summed E-state index contributed by atoms with van der Waals surface area (Å²) in [7, 11) is 0. The molecule has 35 heavy (non-hydrogen) atoms. The lowest BCUT2D eigenvalue weighted by Gasteiger charge is -2.24. The molecular weight excluding hydrogens is 444 g/mol. The normalized spacial score (nSPS) is 22.6. The van der Waals surface area contributed by atoms with Crippen molar-refractivity contribution in [2.45, 2.75) is 70.7 Å². The number of aliphatic hydroxyl groups is 1. The molecule has 1 aliphatic heterocycles. The molecule has 6 rings (SSSR count). The molecule has 2 aliphatic carbocycles. The molecule has 3 aromatic rings. The van der Waals surface area contributed by atoms with E-state index in [4.69, 9.17) is 10.7 Å². The highest BCUT2D eigenvalue weighted by molar-refractivity contribution is 6.04. The van der Waals surface area contributed by atoms with E-state index >= 15 is 0 Å². The Morgan fingerprint density at radius 3 is 2.77 bits per heavy atom. The number of nitrogens with zero attached hydrogens (tertiary/aromatic N) is 4. The fourth-order valence-electron chi connectivity index (χ4n) is 5.67. The first-order chi connectivity index (χ1) is 16.8. The minimum absolute atomic E-state index is 0.0973. The van der Waals surface area contributed by atoms with Crippen LogP contribution >= 0.6 is 0 Å². The van der Waals surface area contributed by atoms with E-state index in [1.807, 2.05) is 30.0 Å². The molecule has 2 fully saturated rings. The largest absolute Gasteiger partial charge is 0.391 e. The Morgan fingerprint density at radius 1 is 1.26 bits per heavy atom. The Bertz CT molecular complexity index is 1360. The van der Waals surface area contributed by atoms with Crippen molar-refractivity contribution in [3.05, 3.63) is 46.6 Å². The van der Waals surface area contributed by atoms with E-state index in [9.17, 15) is 14.7 Å². The number of aliphatic hydroxyl groups excluding tert-OH is 1. The van der Waals surface area contributed by atoms with E-state index in [-0.39, 0.29) is 35.3 Å². The number of fused-ring (bicyclic) bond motifs is 2. The highest BCUT2D eigenvalue weighted by atomic mass is 16.3. The number of benzene rings is 1. The number of carbonyl (C=O) groups is 2. The molecule has 0 spiro atoms. The minimum atomic E-state index is -0.551. The number of nitrogen functional groups attached to an aromatic ring is 1. The van der Waals surface area contributed by atoms with Crippen LogP contribution in [-0.4, -0.2) is 54.6 Å². The van der Waals surface area contributed by atoms with Gasteiger partial charge in [-0.05, 0) is 81.2 Å². The second-order valence-electron chi connectivity index (χ2n) is 10.3. The number of aromatic nitrogens is 3. The van der Waals surface area contributed by atoms with Crippen LogP contribution < -0.4 is 11.1 Å². The van der Waals surface area contributed by atoms with Crippen LogP contribution in [0.25, 0.3) is 16.9 Å². The monoisotopic (exact) mass is 474 g/mol. The quantitative estimate of drug-likeness (QED) is 0.522. The molecule has 2 aromatic heterocycles. The molecule has 0 unspecified atom stereocenters. The Morgan fingerprint density at radius 2 is 2.06 bits per heavy atom. The molecule has 3 aliphatic rings. The van der Waals surface area contributed by atoms with Gasteiger partial charge in [0.15, 0.2) is 11.5 Å². The number of aryl methyl sites for hydroxylation is 1.